The number of amides is 1. The molecule has 0 aliphatic heterocycles. The maximum atomic E-state index is 12.7. The Labute approximate surface area is 140 Å². The molecule has 8 heteroatoms. The average molecular weight is 330 g/mol. The summed E-state index contributed by atoms with van der Waals surface area (Å²) in [6.07, 6.45) is 1.99. The number of nitrogens with zero attached hydrogens (tertiary/aromatic N) is 4. The minimum absolute atomic E-state index is 0.00851. The molecule has 1 saturated carbocycles. The predicted molar refractivity (Wildman–Crippen MR) is 88.5 cm³/mol. The SMILES string of the molecule is CCOC1CC(N)(C(=O)Nc2cccc(-n3cnnn3)c2)C1(C)C. The highest BCUT2D eigenvalue weighted by molar-refractivity contribution is 6.00. The summed E-state index contributed by atoms with van der Waals surface area (Å²) in [7, 11) is 0. The third-order valence-corrected chi connectivity index (χ3v) is 4.95. The number of hydrogen-bond acceptors (Lipinski definition) is 6. The molecule has 0 saturated heterocycles. The van der Waals surface area contributed by atoms with Gasteiger partial charge in [0, 0.05) is 24.1 Å². The van der Waals surface area contributed by atoms with Gasteiger partial charge in [-0.1, -0.05) is 19.9 Å². The number of carbonyl (C=O) groups excluding carboxylic acids is 1. The Morgan fingerprint density at radius 3 is 2.92 bits per heavy atom. The summed E-state index contributed by atoms with van der Waals surface area (Å²) >= 11 is 0. The highest BCUT2D eigenvalue weighted by Gasteiger charge is 2.62. The van der Waals surface area contributed by atoms with Crippen LogP contribution in [0.25, 0.3) is 5.69 Å². The van der Waals surface area contributed by atoms with Gasteiger partial charge in [0.1, 0.15) is 11.9 Å². The van der Waals surface area contributed by atoms with E-state index < -0.39 is 11.0 Å². The van der Waals surface area contributed by atoms with Crippen molar-refractivity contribution in [1.82, 2.24) is 20.2 Å². The Kier molecular flexibility index (Phi) is 4.10. The fraction of sp³-hybridized carbons (Fsp3) is 0.500. The average Bonchev–Trinajstić information content (AvgIpc) is 3.09. The third-order valence-electron chi connectivity index (χ3n) is 4.95. The highest BCUT2D eigenvalue weighted by atomic mass is 16.5. The van der Waals surface area contributed by atoms with Crippen LogP contribution in [0.2, 0.25) is 0 Å². The normalized spacial score (nSPS) is 25.1. The molecule has 0 radical (unpaired) electrons. The largest absolute Gasteiger partial charge is 0.378 e. The van der Waals surface area contributed by atoms with Gasteiger partial charge < -0.3 is 15.8 Å². The van der Waals surface area contributed by atoms with Crippen molar-refractivity contribution in [1.29, 1.82) is 0 Å². The van der Waals surface area contributed by atoms with Gasteiger partial charge in [-0.25, -0.2) is 4.68 Å². The zero-order valence-corrected chi connectivity index (χ0v) is 14.1. The Hall–Kier alpha value is -2.32. The van der Waals surface area contributed by atoms with Gasteiger partial charge in [0.25, 0.3) is 0 Å². The van der Waals surface area contributed by atoms with Crippen molar-refractivity contribution in [3.63, 3.8) is 0 Å². The summed E-state index contributed by atoms with van der Waals surface area (Å²) < 4.78 is 7.19. The number of tetrazole rings is 1. The molecule has 24 heavy (non-hydrogen) atoms. The van der Waals surface area contributed by atoms with Crippen molar-refractivity contribution < 1.29 is 9.53 Å². The summed E-state index contributed by atoms with van der Waals surface area (Å²) in [5, 5.41) is 14.0. The van der Waals surface area contributed by atoms with Crippen molar-refractivity contribution in [2.45, 2.75) is 38.8 Å². The number of hydrogen-bond donors (Lipinski definition) is 2. The topological polar surface area (TPSA) is 108 Å². The van der Waals surface area contributed by atoms with Crippen molar-refractivity contribution >= 4 is 11.6 Å². The van der Waals surface area contributed by atoms with E-state index in [1.807, 2.05) is 32.9 Å². The molecule has 3 N–H and O–H groups in total. The van der Waals surface area contributed by atoms with E-state index in [9.17, 15) is 4.79 Å². The van der Waals surface area contributed by atoms with Crippen molar-refractivity contribution in [3.05, 3.63) is 30.6 Å². The first-order valence-electron chi connectivity index (χ1n) is 7.94. The molecule has 0 bridgehead atoms. The van der Waals surface area contributed by atoms with E-state index in [1.165, 1.54) is 11.0 Å². The summed E-state index contributed by atoms with van der Waals surface area (Å²) in [6, 6.07) is 7.28. The molecule has 2 atom stereocenters. The highest BCUT2D eigenvalue weighted by Crippen LogP contribution is 2.50. The lowest BCUT2D eigenvalue weighted by atomic mass is 9.54. The molecule has 1 heterocycles. The van der Waals surface area contributed by atoms with Crippen LogP contribution in [0.1, 0.15) is 27.2 Å². The molecule has 1 aliphatic rings. The number of ether oxygens (including phenoxy) is 1. The number of nitrogens with two attached hydrogens (primary N) is 1. The van der Waals surface area contributed by atoms with Crippen LogP contribution in [-0.2, 0) is 9.53 Å². The Balaban J connectivity index is 1.75. The molecule has 2 unspecified atom stereocenters. The zero-order valence-electron chi connectivity index (χ0n) is 14.1. The minimum atomic E-state index is -0.961. The van der Waals surface area contributed by atoms with Gasteiger partial charge in [0.15, 0.2) is 0 Å². The van der Waals surface area contributed by atoms with Crippen molar-refractivity contribution in [2.24, 2.45) is 11.1 Å². The lowest BCUT2D eigenvalue weighted by Crippen LogP contribution is -2.74. The zero-order chi connectivity index (χ0) is 17.4. The van der Waals surface area contributed by atoms with Crippen LogP contribution < -0.4 is 11.1 Å². The molecule has 8 nitrogen and oxygen atoms in total. The van der Waals surface area contributed by atoms with Gasteiger partial charge in [-0.2, -0.15) is 0 Å². The first kappa shape index (κ1) is 16.5. The fourth-order valence-electron chi connectivity index (χ4n) is 3.07. The van der Waals surface area contributed by atoms with Crippen LogP contribution in [0.5, 0.6) is 0 Å². The molecule has 0 spiro atoms. The predicted octanol–water partition coefficient (Wildman–Crippen LogP) is 1.13. The molecular formula is C16H22N6O2. The van der Waals surface area contributed by atoms with Gasteiger partial charge in [0.05, 0.1) is 11.8 Å². The third kappa shape index (κ3) is 2.57. The number of nitrogens with one attached hydrogen (secondary N) is 1. The van der Waals surface area contributed by atoms with E-state index in [0.29, 0.717) is 18.7 Å². The van der Waals surface area contributed by atoms with Crippen LogP contribution in [0.3, 0.4) is 0 Å². The maximum Gasteiger partial charge on any atom is 0.245 e. The number of carbonyl (C=O) groups is 1. The molecule has 1 aromatic heterocycles. The quantitative estimate of drug-likeness (QED) is 0.851. The molecule has 128 valence electrons. The summed E-state index contributed by atoms with van der Waals surface area (Å²) in [5.74, 6) is -0.211. The molecule has 3 rings (SSSR count). The molecule has 1 amide bonds. The Morgan fingerprint density at radius 2 is 2.29 bits per heavy atom. The smallest absolute Gasteiger partial charge is 0.245 e. The number of benzene rings is 1. The van der Waals surface area contributed by atoms with Gasteiger partial charge >= 0.3 is 0 Å². The monoisotopic (exact) mass is 330 g/mol. The maximum absolute atomic E-state index is 12.7. The Morgan fingerprint density at radius 1 is 1.50 bits per heavy atom. The second-order valence-corrected chi connectivity index (χ2v) is 6.60. The lowest BCUT2D eigenvalue weighted by molar-refractivity contribution is -0.166. The summed E-state index contributed by atoms with van der Waals surface area (Å²) in [5.41, 5.74) is 6.41. The van der Waals surface area contributed by atoms with E-state index in [4.69, 9.17) is 10.5 Å². The van der Waals surface area contributed by atoms with Crippen molar-refractivity contribution in [3.8, 4) is 5.69 Å². The number of aromatic nitrogens is 4. The first-order valence-corrected chi connectivity index (χ1v) is 7.94. The van der Waals surface area contributed by atoms with E-state index in [2.05, 4.69) is 20.8 Å². The van der Waals surface area contributed by atoms with Gasteiger partial charge in [0.2, 0.25) is 5.91 Å². The second kappa shape index (κ2) is 5.95. The lowest BCUT2D eigenvalue weighted by Gasteiger charge is -2.57. The number of rotatable bonds is 5. The number of anilines is 1. The first-order chi connectivity index (χ1) is 11.4. The van der Waals surface area contributed by atoms with E-state index in [1.54, 1.807) is 12.1 Å². The minimum Gasteiger partial charge on any atom is -0.378 e. The second-order valence-electron chi connectivity index (χ2n) is 6.60. The van der Waals surface area contributed by atoms with Gasteiger partial charge in [-0.05, 0) is 35.5 Å². The van der Waals surface area contributed by atoms with Crippen molar-refractivity contribution in [2.75, 3.05) is 11.9 Å². The van der Waals surface area contributed by atoms with Crippen LogP contribution in [-0.4, -0.2) is 44.4 Å². The Bertz CT molecular complexity index is 730. The molecular weight excluding hydrogens is 308 g/mol. The van der Waals surface area contributed by atoms with Gasteiger partial charge in [-0.3, -0.25) is 4.79 Å². The fourth-order valence-corrected chi connectivity index (χ4v) is 3.07. The van der Waals surface area contributed by atoms with Crippen LogP contribution in [0, 0.1) is 5.41 Å². The molecule has 1 fully saturated rings. The van der Waals surface area contributed by atoms with E-state index >= 15 is 0 Å². The van der Waals surface area contributed by atoms with Gasteiger partial charge in [-0.15, -0.1) is 5.10 Å². The van der Waals surface area contributed by atoms with E-state index in [-0.39, 0.29) is 12.0 Å². The van der Waals surface area contributed by atoms with E-state index in [0.717, 1.165) is 5.69 Å². The van der Waals surface area contributed by atoms with Crippen LogP contribution >= 0.6 is 0 Å². The standard InChI is InChI=1S/C16H22N6O2/c1-4-24-13-9-16(17,15(13,2)3)14(23)19-11-6-5-7-12(8-11)22-10-18-20-21-22/h5-8,10,13H,4,9,17H2,1-3H3,(H,19,23). The summed E-state index contributed by atoms with van der Waals surface area (Å²) in [6.45, 7) is 6.48. The molecule has 2 aromatic rings. The summed E-state index contributed by atoms with van der Waals surface area (Å²) in [4.78, 5) is 12.7. The molecule has 1 aliphatic carbocycles. The van der Waals surface area contributed by atoms with Crippen LogP contribution in [0.15, 0.2) is 30.6 Å². The molecule has 1 aromatic carbocycles. The van der Waals surface area contributed by atoms with Crippen LogP contribution in [0.4, 0.5) is 5.69 Å².